The lowest BCUT2D eigenvalue weighted by atomic mass is 9.44. The maximum Gasteiger partial charge on any atom is 0.300 e. The van der Waals surface area contributed by atoms with Crippen molar-refractivity contribution in [1.82, 2.24) is 0 Å². The molecule has 4 rings (SSSR count). The third-order valence-electron chi connectivity index (χ3n) is 8.52. The Morgan fingerprint density at radius 3 is 2.48 bits per heavy atom. The van der Waals surface area contributed by atoms with Crippen molar-refractivity contribution < 1.29 is 19.8 Å². The third-order valence-corrected chi connectivity index (χ3v) is 8.52. The first-order valence-corrected chi connectivity index (χ1v) is 10.7. The third kappa shape index (κ3) is 3.39. The molecule has 0 aromatic carbocycles. The summed E-state index contributed by atoms with van der Waals surface area (Å²) in [4.78, 5) is 22.3. The minimum atomic E-state index is -0.833. The Labute approximate surface area is 163 Å². The van der Waals surface area contributed by atoms with Crippen molar-refractivity contribution in [3.05, 3.63) is 11.6 Å². The van der Waals surface area contributed by atoms with Crippen LogP contribution in [0.4, 0.5) is 0 Å². The average Bonchev–Trinajstić information content (AvgIpc) is 2.90. The second-order valence-electron chi connectivity index (χ2n) is 9.89. The fourth-order valence-electron chi connectivity index (χ4n) is 7.37. The summed E-state index contributed by atoms with van der Waals surface area (Å²) in [5, 5.41) is 17.5. The van der Waals surface area contributed by atoms with E-state index in [1.54, 1.807) is 5.57 Å². The number of allylic oxidation sites excluding steroid dienone is 2. The summed E-state index contributed by atoms with van der Waals surface area (Å²) in [7, 11) is 0. The minimum Gasteiger partial charge on any atom is -0.481 e. The van der Waals surface area contributed by atoms with Gasteiger partial charge >= 0.3 is 0 Å². The van der Waals surface area contributed by atoms with Crippen molar-refractivity contribution in [2.24, 2.45) is 34.5 Å². The van der Waals surface area contributed by atoms with Gasteiger partial charge in [-0.1, -0.05) is 25.5 Å². The van der Waals surface area contributed by atoms with E-state index in [1.165, 1.54) is 25.7 Å². The van der Waals surface area contributed by atoms with Crippen molar-refractivity contribution >= 4 is 11.8 Å². The standard InChI is InChI=1S/C21H32O2.C2H4O2/c1-4-13-6-8-17-16-7-5-14-11-15(22)9-10-20(14,2)19(16)18(23)12-21(13,17)3;1-2(3)4/h4,14-17,19,22H,5-12H2,1-3H3;1H3,(H,3,4)/b13-4-;/t14-,15+,16+,17+,19-,20+,21-;/m1./s1. The van der Waals surface area contributed by atoms with Gasteiger partial charge in [-0.25, -0.2) is 0 Å². The number of ketones is 1. The number of hydrogen-bond acceptors (Lipinski definition) is 3. The summed E-state index contributed by atoms with van der Waals surface area (Å²) in [6.45, 7) is 7.99. The Bertz CT molecular complexity index is 634. The lowest BCUT2D eigenvalue weighted by Crippen LogP contribution is -2.57. The fourth-order valence-corrected chi connectivity index (χ4v) is 7.37. The molecule has 4 nitrogen and oxygen atoms in total. The number of aliphatic hydroxyl groups excluding tert-OH is 1. The van der Waals surface area contributed by atoms with Crippen LogP contribution in [-0.2, 0) is 9.59 Å². The number of Topliss-reactive ketones (excluding diaryl/α,β-unsaturated/α-hetero) is 1. The van der Waals surface area contributed by atoms with E-state index >= 15 is 0 Å². The largest absolute Gasteiger partial charge is 0.481 e. The van der Waals surface area contributed by atoms with Gasteiger partial charge in [0.15, 0.2) is 0 Å². The molecule has 152 valence electrons. The van der Waals surface area contributed by atoms with Crippen molar-refractivity contribution in [3.8, 4) is 0 Å². The highest BCUT2D eigenvalue weighted by Crippen LogP contribution is 2.66. The zero-order valence-corrected chi connectivity index (χ0v) is 17.3. The van der Waals surface area contributed by atoms with Gasteiger partial charge in [-0.2, -0.15) is 0 Å². The Kier molecular flexibility index (Phi) is 5.60. The van der Waals surface area contributed by atoms with Crippen molar-refractivity contribution in [3.63, 3.8) is 0 Å². The van der Waals surface area contributed by atoms with E-state index in [1.807, 2.05) is 0 Å². The van der Waals surface area contributed by atoms with E-state index in [0.717, 1.165) is 32.6 Å². The number of aliphatic hydroxyl groups is 1. The molecule has 0 unspecified atom stereocenters. The lowest BCUT2D eigenvalue weighted by Gasteiger charge is -2.59. The van der Waals surface area contributed by atoms with Gasteiger partial charge in [0.2, 0.25) is 0 Å². The number of hydrogen-bond donors (Lipinski definition) is 2. The number of carboxylic acids is 1. The smallest absolute Gasteiger partial charge is 0.300 e. The van der Waals surface area contributed by atoms with Crippen LogP contribution in [0.1, 0.15) is 79.1 Å². The van der Waals surface area contributed by atoms with Gasteiger partial charge in [-0.3, -0.25) is 9.59 Å². The van der Waals surface area contributed by atoms with Gasteiger partial charge in [0.1, 0.15) is 5.78 Å². The van der Waals surface area contributed by atoms with E-state index in [-0.39, 0.29) is 22.9 Å². The number of fused-ring (bicyclic) bond motifs is 5. The highest BCUT2D eigenvalue weighted by atomic mass is 16.4. The second-order valence-corrected chi connectivity index (χ2v) is 9.89. The van der Waals surface area contributed by atoms with Crippen LogP contribution in [0, 0.1) is 34.5 Å². The van der Waals surface area contributed by atoms with E-state index in [2.05, 4.69) is 26.8 Å². The number of carbonyl (C=O) groups is 2. The van der Waals surface area contributed by atoms with Gasteiger partial charge in [0, 0.05) is 19.3 Å². The van der Waals surface area contributed by atoms with Crippen LogP contribution in [0.2, 0.25) is 0 Å². The SMILES string of the molecule is C/C=C1/CC[C@H]2[C@@H]3CC[C@@H]4C[C@@H](O)CC[C@]4(C)[C@H]3C(=O)C[C@]12C.CC(=O)O. The summed E-state index contributed by atoms with van der Waals surface area (Å²) in [6.07, 6.45) is 10.7. The number of carboxylic acid groups (broad SMARTS) is 1. The number of aliphatic carboxylic acids is 1. The molecule has 7 atom stereocenters. The van der Waals surface area contributed by atoms with E-state index in [9.17, 15) is 9.90 Å². The molecule has 27 heavy (non-hydrogen) atoms. The highest BCUT2D eigenvalue weighted by Gasteiger charge is 2.61. The highest BCUT2D eigenvalue weighted by molar-refractivity contribution is 5.85. The van der Waals surface area contributed by atoms with Crippen LogP contribution in [0.3, 0.4) is 0 Å². The first-order valence-electron chi connectivity index (χ1n) is 10.7. The molecule has 4 saturated carbocycles. The quantitative estimate of drug-likeness (QED) is 0.606. The molecular formula is C23H36O4. The number of carbonyl (C=O) groups excluding carboxylic acids is 1. The topological polar surface area (TPSA) is 74.6 Å². The minimum absolute atomic E-state index is 0.130. The first kappa shape index (κ1) is 20.6. The molecule has 2 N–H and O–H groups in total. The summed E-state index contributed by atoms with van der Waals surface area (Å²) in [5.74, 6) is 1.83. The Morgan fingerprint density at radius 2 is 1.85 bits per heavy atom. The molecular weight excluding hydrogens is 340 g/mol. The van der Waals surface area contributed by atoms with Crippen molar-refractivity contribution in [2.45, 2.75) is 85.2 Å². The molecule has 0 radical (unpaired) electrons. The maximum absolute atomic E-state index is 13.3. The molecule has 0 spiro atoms. The predicted molar refractivity (Wildman–Crippen MR) is 105 cm³/mol. The second kappa shape index (κ2) is 7.35. The molecule has 4 aliphatic carbocycles. The van der Waals surface area contributed by atoms with Crippen LogP contribution in [-0.4, -0.2) is 28.1 Å². The Balaban J connectivity index is 0.000000481. The molecule has 4 fully saturated rings. The van der Waals surface area contributed by atoms with Crippen LogP contribution < -0.4 is 0 Å². The lowest BCUT2D eigenvalue weighted by molar-refractivity contribution is -0.157. The summed E-state index contributed by atoms with van der Waals surface area (Å²) < 4.78 is 0. The summed E-state index contributed by atoms with van der Waals surface area (Å²) in [5.41, 5.74) is 1.84. The molecule has 4 heteroatoms. The van der Waals surface area contributed by atoms with E-state index in [0.29, 0.717) is 23.5 Å². The molecule has 0 amide bonds. The summed E-state index contributed by atoms with van der Waals surface area (Å²) >= 11 is 0. The zero-order valence-electron chi connectivity index (χ0n) is 17.3. The van der Waals surface area contributed by atoms with Crippen molar-refractivity contribution in [1.29, 1.82) is 0 Å². The Morgan fingerprint density at radius 1 is 1.19 bits per heavy atom. The van der Waals surface area contributed by atoms with Gasteiger partial charge in [-0.05, 0) is 80.5 Å². The van der Waals surface area contributed by atoms with Gasteiger partial charge in [0.25, 0.3) is 5.97 Å². The summed E-state index contributed by atoms with van der Waals surface area (Å²) in [6, 6.07) is 0. The fraction of sp³-hybridized carbons (Fsp3) is 0.826. The van der Waals surface area contributed by atoms with E-state index < -0.39 is 5.97 Å². The van der Waals surface area contributed by atoms with Gasteiger partial charge < -0.3 is 10.2 Å². The zero-order chi connectivity index (χ0) is 20.0. The first-order chi connectivity index (χ1) is 12.6. The van der Waals surface area contributed by atoms with Crippen LogP contribution in [0.15, 0.2) is 11.6 Å². The molecule has 0 saturated heterocycles. The number of rotatable bonds is 0. The molecule has 4 aliphatic rings. The van der Waals surface area contributed by atoms with Gasteiger partial charge in [0.05, 0.1) is 6.10 Å². The normalized spacial score (nSPS) is 47.4. The monoisotopic (exact) mass is 376 g/mol. The molecule has 0 aliphatic heterocycles. The predicted octanol–water partition coefficient (Wildman–Crippen LogP) is 4.61. The van der Waals surface area contributed by atoms with Crippen LogP contribution in [0.5, 0.6) is 0 Å². The molecule has 0 aromatic rings. The molecule has 0 bridgehead atoms. The van der Waals surface area contributed by atoms with Crippen molar-refractivity contribution in [2.75, 3.05) is 0 Å². The Hall–Kier alpha value is -1.16. The average molecular weight is 377 g/mol. The van der Waals surface area contributed by atoms with E-state index in [4.69, 9.17) is 9.90 Å². The molecule has 0 aromatic heterocycles. The molecule has 0 heterocycles. The van der Waals surface area contributed by atoms with Crippen LogP contribution in [0.25, 0.3) is 0 Å². The van der Waals surface area contributed by atoms with Crippen LogP contribution >= 0.6 is 0 Å². The van der Waals surface area contributed by atoms with Gasteiger partial charge in [-0.15, -0.1) is 0 Å². The maximum atomic E-state index is 13.3.